The zero-order valence-electron chi connectivity index (χ0n) is 13.5. The van der Waals surface area contributed by atoms with Crippen molar-refractivity contribution in [2.45, 2.75) is 40.0 Å². The number of benzene rings is 1. The van der Waals surface area contributed by atoms with Gasteiger partial charge in [-0.2, -0.15) is 0 Å². The Morgan fingerprint density at radius 3 is 2.59 bits per heavy atom. The van der Waals surface area contributed by atoms with Crippen LogP contribution in [-0.2, 0) is 4.79 Å². The Labute approximate surface area is 141 Å². The first-order valence-corrected chi connectivity index (χ1v) is 8.68. The third-order valence-electron chi connectivity index (χ3n) is 3.63. The van der Waals surface area contributed by atoms with E-state index in [1.54, 1.807) is 0 Å². The molecule has 0 saturated carbocycles. The molecule has 1 amide bonds. The predicted molar refractivity (Wildman–Crippen MR) is 96.7 cm³/mol. The van der Waals surface area contributed by atoms with E-state index in [1.807, 2.05) is 36.1 Å². The van der Waals surface area contributed by atoms with Gasteiger partial charge >= 0.3 is 0 Å². The van der Waals surface area contributed by atoms with Gasteiger partial charge in [-0.05, 0) is 38.0 Å². The van der Waals surface area contributed by atoms with Gasteiger partial charge < -0.3 is 4.90 Å². The van der Waals surface area contributed by atoms with Crippen molar-refractivity contribution in [2.24, 2.45) is 4.99 Å². The van der Waals surface area contributed by atoms with Crippen molar-refractivity contribution in [1.82, 2.24) is 4.90 Å². The van der Waals surface area contributed by atoms with Crippen LogP contribution in [0, 0.1) is 0 Å². The smallest absolute Gasteiger partial charge is 0.250 e. The summed E-state index contributed by atoms with van der Waals surface area (Å²) in [6.07, 6.45) is 4.59. The number of rotatable bonds is 5. The zero-order valence-corrected chi connectivity index (χ0v) is 15.1. The van der Waals surface area contributed by atoms with Gasteiger partial charge in [0.2, 0.25) is 5.91 Å². The van der Waals surface area contributed by atoms with Crippen molar-refractivity contribution < 1.29 is 4.79 Å². The van der Waals surface area contributed by atoms with Crippen LogP contribution in [0.2, 0.25) is 0 Å². The highest BCUT2D eigenvalue weighted by atomic mass is 79.9. The summed E-state index contributed by atoms with van der Waals surface area (Å²) < 4.78 is 1.00. The Hall–Kier alpha value is -1.42. The standard InChI is InChI=1S/C18H23BrN2O/c1-4-8-21(9-5-2)18(22)15-10-13(3)20-17-12-16(19)7-6-14(17)11-15/h6-7,11-12H,4-5,8-10H2,1-3H3. The molecule has 1 aliphatic heterocycles. The van der Waals surface area contributed by atoms with Gasteiger partial charge in [0.1, 0.15) is 0 Å². The second-order valence-electron chi connectivity index (χ2n) is 5.69. The van der Waals surface area contributed by atoms with Crippen molar-refractivity contribution in [3.63, 3.8) is 0 Å². The molecule has 0 N–H and O–H groups in total. The Bertz CT molecular complexity index is 614. The number of fused-ring (bicyclic) bond motifs is 1. The van der Waals surface area contributed by atoms with Crippen LogP contribution < -0.4 is 0 Å². The summed E-state index contributed by atoms with van der Waals surface area (Å²) in [4.78, 5) is 19.5. The predicted octanol–water partition coefficient (Wildman–Crippen LogP) is 4.98. The quantitative estimate of drug-likeness (QED) is 0.726. The third kappa shape index (κ3) is 4.07. The van der Waals surface area contributed by atoms with Gasteiger partial charge in [0.05, 0.1) is 5.69 Å². The second-order valence-corrected chi connectivity index (χ2v) is 6.60. The Balaban J connectivity index is 2.36. The van der Waals surface area contributed by atoms with E-state index >= 15 is 0 Å². The van der Waals surface area contributed by atoms with Gasteiger partial charge in [-0.3, -0.25) is 9.79 Å². The lowest BCUT2D eigenvalue weighted by atomic mass is 10.0. The highest BCUT2D eigenvalue weighted by molar-refractivity contribution is 9.10. The van der Waals surface area contributed by atoms with E-state index in [-0.39, 0.29) is 5.91 Å². The molecular formula is C18H23BrN2O. The first kappa shape index (κ1) is 16.9. The minimum Gasteiger partial charge on any atom is -0.339 e. The third-order valence-corrected chi connectivity index (χ3v) is 4.12. The molecule has 0 bridgehead atoms. The van der Waals surface area contributed by atoms with E-state index in [4.69, 9.17) is 0 Å². The van der Waals surface area contributed by atoms with E-state index in [0.29, 0.717) is 6.42 Å². The molecule has 3 nitrogen and oxygen atoms in total. The van der Waals surface area contributed by atoms with E-state index in [9.17, 15) is 4.79 Å². The number of carbonyl (C=O) groups is 1. The molecule has 22 heavy (non-hydrogen) atoms. The van der Waals surface area contributed by atoms with Crippen LogP contribution in [0.5, 0.6) is 0 Å². The van der Waals surface area contributed by atoms with Crippen molar-refractivity contribution in [3.05, 3.63) is 33.8 Å². The Kier molecular flexibility index (Phi) is 5.95. The summed E-state index contributed by atoms with van der Waals surface area (Å²) in [7, 11) is 0. The topological polar surface area (TPSA) is 32.7 Å². The van der Waals surface area contributed by atoms with Crippen molar-refractivity contribution >= 4 is 39.3 Å². The minimum atomic E-state index is 0.147. The highest BCUT2D eigenvalue weighted by Gasteiger charge is 2.20. The molecule has 0 unspecified atom stereocenters. The number of nitrogens with zero attached hydrogens (tertiary/aromatic N) is 2. The number of carbonyl (C=O) groups excluding carboxylic acids is 1. The van der Waals surface area contributed by atoms with Gasteiger partial charge in [-0.1, -0.05) is 35.8 Å². The average molecular weight is 363 g/mol. The molecule has 1 heterocycles. The first-order valence-electron chi connectivity index (χ1n) is 7.88. The van der Waals surface area contributed by atoms with Crippen molar-refractivity contribution in [2.75, 3.05) is 13.1 Å². The molecule has 118 valence electrons. The summed E-state index contributed by atoms with van der Waals surface area (Å²) in [6, 6.07) is 6.00. The van der Waals surface area contributed by atoms with Crippen LogP contribution in [0.15, 0.2) is 33.2 Å². The van der Waals surface area contributed by atoms with Gasteiger partial charge in [-0.25, -0.2) is 0 Å². The largest absolute Gasteiger partial charge is 0.339 e. The van der Waals surface area contributed by atoms with E-state index < -0.39 is 0 Å². The summed E-state index contributed by atoms with van der Waals surface area (Å²) in [5.41, 5.74) is 3.75. The lowest BCUT2D eigenvalue weighted by molar-refractivity contribution is -0.127. The van der Waals surface area contributed by atoms with Crippen LogP contribution in [0.25, 0.3) is 6.08 Å². The molecule has 0 spiro atoms. The summed E-state index contributed by atoms with van der Waals surface area (Å²) in [5, 5.41) is 0. The fourth-order valence-electron chi connectivity index (χ4n) is 2.69. The number of halogens is 1. The maximum Gasteiger partial charge on any atom is 0.250 e. The molecule has 0 fully saturated rings. The maximum absolute atomic E-state index is 12.8. The molecule has 0 aromatic heterocycles. The van der Waals surface area contributed by atoms with Crippen LogP contribution >= 0.6 is 15.9 Å². The summed E-state index contributed by atoms with van der Waals surface area (Å²) >= 11 is 3.48. The van der Waals surface area contributed by atoms with Crippen molar-refractivity contribution in [1.29, 1.82) is 0 Å². The number of hydrogen-bond acceptors (Lipinski definition) is 2. The Morgan fingerprint density at radius 2 is 1.95 bits per heavy atom. The van der Waals surface area contributed by atoms with Crippen LogP contribution in [0.1, 0.15) is 45.6 Å². The Morgan fingerprint density at radius 1 is 1.27 bits per heavy atom. The van der Waals surface area contributed by atoms with Crippen LogP contribution in [0.3, 0.4) is 0 Å². The van der Waals surface area contributed by atoms with Gasteiger partial charge in [-0.15, -0.1) is 0 Å². The maximum atomic E-state index is 12.8. The number of aliphatic imine (C=N–C) groups is 1. The summed E-state index contributed by atoms with van der Waals surface area (Å²) in [6.45, 7) is 7.83. The fourth-order valence-corrected chi connectivity index (χ4v) is 3.04. The fraction of sp³-hybridized carbons (Fsp3) is 0.444. The van der Waals surface area contributed by atoms with Gasteiger partial charge in [0, 0.05) is 40.8 Å². The minimum absolute atomic E-state index is 0.147. The van der Waals surface area contributed by atoms with Crippen LogP contribution in [-0.4, -0.2) is 29.6 Å². The molecule has 1 aromatic rings. The monoisotopic (exact) mass is 362 g/mol. The molecule has 2 rings (SSSR count). The first-order chi connectivity index (χ1) is 10.5. The molecule has 0 atom stereocenters. The molecule has 0 radical (unpaired) electrons. The summed E-state index contributed by atoms with van der Waals surface area (Å²) in [5.74, 6) is 0.147. The SMILES string of the molecule is CCCN(CCC)C(=O)C1=Cc2ccc(Br)cc2N=C(C)C1. The number of hydrogen-bond donors (Lipinski definition) is 0. The molecule has 0 saturated heterocycles. The highest BCUT2D eigenvalue weighted by Crippen LogP contribution is 2.30. The van der Waals surface area contributed by atoms with E-state index in [2.05, 4.69) is 34.8 Å². The average Bonchev–Trinajstić information content (AvgIpc) is 2.64. The molecule has 1 aromatic carbocycles. The zero-order chi connectivity index (χ0) is 16.1. The van der Waals surface area contributed by atoms with Crippen molar-refractivity contribution in [3.8, 4) is 0 Å². The molecule has 1 aliphatic rings. The van der Waals surface area contributed by atoms with Gasteiger partial charge in [0.25, 0.3) is 0 Å². The van der Waals surface area contributed by atoms with E-state index in [1.165, 1.54) is 0 Å². The lowest BCUT2D eigenvalue weighted by Gasteiger charge is -2.22. The lowest BCUT2D eigenvalue weighted by Crippen LogP contribution is -2.33. The van der Waals surface area contributed by atoms with Gasteiger partial charge in [0.15, 0.2) is 0 Å². The molecular weight excluding hydrogens is 340 g/mol. The second kappa shape index (κ2) is 7.73. The normalized spacial score (nSPS) is 13.8. The van der Waals surface area contributed by atoms with Crippen LogP contribution in [0.4, 0.5) is 5.69 Å². The molecule has 0 aliphatic carbocycles. The number of amides is 1. The molecule has 4 heteroatoms. The van der Waals surface area contributed by atoms with E-state index in [0.717, 1.165) is 52.9 Å².